The van der Waals surface area contributed by atoms with Gasteiger partial charge in [0.25, 0.3) is 5.91 Å². The minimum absolute atomic E-state index is 0.146. The summed E-state index contributed by atoms with van der Waals surface area (Å²) in [5.74, 6) is 0.990. The maximum Gasteiger partial charge on any atom is 0.258 e. The summed E-state index contributed by atoms with van der Waals surface area (Å²) in [7, 11) is 0. The van der Waals surface area contributed by atoms with Crippen molar-refractivity contribution >= 4 is 35.0 Å². The molecule has 0 aliphatic rings. The first kappa shape index (κ1) is 19.6. The highest BCUT2D eigenvalue weighted by Crippen LogP contribution is 2.27. The summed E-state index contributed by atoms with van der Waals surface area (Å²) in [5, 5.41) is 10.1. The van der Waals surface area contributed by atoms with Gasteiger partial charge in [-0.05, 0) is 50.2 Å². The van der Waals surface area contributed by atoms with Crippen LogP contribution in [-0.4, -0.2) is 22.0 Å². The Morgan fingerprint density at radius 3 is 2.36 bits per heavy atom. The molecule has 0 atom stereocenters. The molecule has 0 spiro atoms. The second-order valence-corrected chi connectivity index (χ2v) is 7.12. The third kappa shape index (κ3) is 4.77. The maximum absolute atomic E-state index is 12.7. The van der Waals surface area contributed by atoms with Crippen molar-refractivity contribution in [2.24, 2.45) is 0 Å². The molecule has 2 heterocycles. The number of benzene rings is 1. The van der Waals surface area contributed by atoms with Crippen molar-refractivity contribution in [1.82, 2.24) is 10.1 Å². The molecule has 2 N–H and O–H groups in total. The normalized spacial score (nSPS) is 10.5. The second kappa shape index (κ2) is 8.71. The average molecular weight is 396 g/mol. The zero-order valence-corrected chi connectivity index (χ0v) is 16.6. The highest BCUT2D eigenvalue weighted by atomic mass is 32.2. The van der Waals surface area contributed by atoms with E-state index in [-0.39, 0.29) is 11.8 Å². The minimum Gasteiger partial charge on any atom is -0.361 e. The third-order valence-corrected chi connectivity index (χ3v) is 5.05. The predicted octanol–water partition coefficient (Wildman–Crippen LogP) is 4.19. The molecule has 7 nitrogen and oxygen atoms in total. The van der Waals surface area contributed by atoms with Gasteiger partial charge in [0, 0.05) is 35.8 Å². The first-order chi connectivity index (χ1) is 13.4. The molecule has 2 amide bonds. The highest BCUT2D eigenvalue weighted by molar-refractivity contribution is 7.98. The van der Waals surface area contributed by atoms with Crippen molar-refractivity contribution in [3.8, 4) is 0 Å². The Hall–Kier alpha value is -3.13. The van der Waals surface area contributed by atoms with Crippen molar-refractivity contribution in [2.75, 3.05) is 10.6 Å². The zero-order valence-electron chi connectivity index (χ0n) is 15.8. The van der Waals surface area contributed by atoms with E-state index in [1.807, 2.05) is 13.8 Å². The van der Waals surface area contributed by atoms with Gasteiger partial charge >= 0.3 is 0 Å². The van der Waals surface area contributed by atoms with E-state index < -0.39 is 0 Å². The molecule has 0 radical (unpaired) electrons. The average Bonchev–Trinajstić information content (AvgIpc) is 2.99. The number of aryl methyl sites for hydroxylation is 2. The number of amides is 2. The number of thioether (sulfide) groups is 1. The molecule has 0 fully saturated rings. The van der Waals surface area contributed by atoms with Crippen LogP contribution in [0, 0.1) is 13.8 Å². The van der Waals surface area contributed by atoms with Crippen LogP contribution in [0.5, 0.6) is 0 Å². The van der Waals surface area contributed by atoms with E-state index in [1.165, 1.54) is 18.7 Å². The van der Waals surface area contributed by atoms with E-state index in [4.69, 9.17) is 4.52 Å². The Bertz CT molecular complexity index is 979. The molecular formula is C20H20N4O3S. The van der Waals surface area contributed by atoms with Gasteiger partial charge in [0.1, 0.15) is 10.8 Å². The number of pyridine rings is 1. The first-order valence-corrected chi connectivity index (χ1v) is 9.61. The summed E-state index contributed by atoms with van der Waals surface area (Å²) >= 11 is 1.46. The van der Waals surface area contributed by atoms with E-state index in [1.54, 1.807) is 42.6 Å². The summed E-state index contributed by atoms with van der Waals surface area (Å²) in [6, 6.07) is 10.4. The molecule has 3 rings (SSSR count). The molecule has 8 heteroatoms. The number of carbonyl (C=O) groups is 2. The van der Waals surface area contributed by atoms with E-state index in [0.717, 1.165) is 17.0 Å². The Balaban J connectivity index is 1.71. The van der Waals surface area contributed by atoms with Crippen LogP contribution in [0.25, 0.3) is 0 Å². The topological polar surface area (TPSA) is 97.1 Å². The van der Waals surface area contributed by atoms with Gasteiger partial charge in [-0.15, -0.1) is 11.8 Å². The number of hydrogen-bond acceptors (Lipinski definition) is 6. The summed E-state index contributed by atoms with van der Waals surface area (Å²) < 4.78 is 5.18. The summed E-state index contributed by atoms with van der Waals surface area (Å²) in [5.41, 5.74) is 3.64. The quantitative estimate of drug-likeness (QED) is 0.607. The monoisotopic (exact) mass is 396 g/mol. The van der Waals surface area contributed by atoms with Crippen LogP contribution in [0.15, 0.2) is 52.1 Å². The van der Waals surface area contributed by atoms with Gasteiger partial charge in [-0.25, -0.2) is 4.98 Å². The van der Waals surface area contributed by atoms with Gasteiger partial charge in [-0.1, -0.05) is 5.16 Å². The van der Waals surface area contributed by atoms with E-state index in [0.29, 0.717) is 27.7 Å². The van der Waals surface area contributed by atoms with E-state index in [9.17, 15) is 9.59 Å². The molecule has 28 heavy (non-hydrogen) atoms. The van der Waals surface area contributed by atoms with Crippen LogP contribution in [0.2, 0.25) is 0 Å². The van der Waals surface area contributed by atoms with Crippen molar-refractivity contribution in [1.29, 1.82) is 0 Å². The van der Waals surface area contributed by atoms with Crippen molar-refractivity contribution in [2.45, 2.75) is 31.6 Å². The number of carbonyl (C=O) groups excluding carboxylic acids is 2. The van der Waals surface area contributed by atoms with E-state index >= 15 is 0 Å². The van der Waals surface area contributed by atoms with Crippen molar-refractivity contribution in [3.63, 3.8) is 0 Å². The Morgan fingerprint density at radius 2 is 1.75 bits per heavy atom. The fourth-order valence-corrected chi connectivity index (χ4v) is 3.71. The number of rotatable bonds is 6. The molecule has 144 valence electrons. The highest BCUT2D eigenvalue weighted by Gasteiger charge is 2.15. The zero-order chi connectivity index (χ0) is 20.1. The number of hydrogen-bond donors (Lipinski definition) is 2. The van der Waals surface area contributed by atoms with Crippen LogP contribution in [0.4, 0.5) is 11.4 Å². The molecule has 0 aliphatic carbocycles. The van der Waals surface area contributed by atoms with Crippen molar-refractivity contribution < 1.29 is 14.1 Å². The maximum atomic E-state index is 12.7. The molecule has 0 aliphatic heterocycles. The molecule has 0 saturated carbocycles. The number of aromatic nitrogens is 2. The fourth-order valence-electron chi connectivity index (χ4n) is 2.57. The Labute approximate surface area is 166 Å². The smallest absolute Gasteiger partial charge is 0.258 e. The summed E-state index contributed by atoms with van der Waals surface area (Å²) in [6.07, 6.45) is 1.66. The molecule has 3 aromatic rings. The lowest BCUT2D eigenvalue weighted by atomic mass is 10.2. The van der Waals surface area contributed by atoms with Gasteiger partial charge < -0.3 is 15.2 Å². The van der Waals surface area contributed by atoms with Gasteiger partial charge in [0.15, 0.2) is 0 Å². The minimum atomic E-state index is -0.248. The molecule has 0 bridgehead atoms. The molecule has 1 aromatic carbocycles. The Morgan fingerprint density at radius 1 is 1.07 bits per heavy atom. The van der Waals surface area contributed by atoms with Crippen LogP contribution < -0.4 is 10.6 Å². The van der Waals surface area contributed by atoms with Crippen LogP contribution in [0.3, 0.4) is 0 Å². The molecule has 2 aromatic heterocycles. The largest absolute Gasteiger partial charge is 0.361 e. The van der Waals surface area contributed by atoms with Crippen LogP contribution >= 0.6 is 11.8 Å². The van der Waals surface area contributed by atoms with E-state index in [2.05, 4.69) is 20.8 Å². The lowest BCUT2D eigenvalue weighted by Gasteiger charge is -2.10. The molecule has 0 unspecified atom stereocenters. The van der Waals surface area contributed by atoms with Gasteiger partial charge in [0.05, 0.1) is 11.3 Å². The number of nitrogens with zero attached hydrogens (tertiary/aromatic N) is 2. The van der Waals surface area contributed by atoms with Gasteiger partial charge in [0.2, 0.25) is 5.91 Å². The second-order valence-electron chi connectivity index (χ2n) is 6.16. The third-order valence-electron chi connectivity index (χ3n) is 4.01. The number of anilines is 2. The lowest BCUT2D eigenvalue weighted by Crippen LogP contribution is -2.14. The number of nitrogens with one attached hydrogen (secondary N) is 2. The summed E-state index contributed by atoms with van der Waals surface area (Å²) in [4.78, 5) is 28.2. The van der Waals surface area contributed by atoms with Crippen LogP contribution in [-0.2, 0) is 10.5 Å². The van der Waals surface area contributed by atoms with Gasteiger partial charge in [-0.3, -0.25) is 9.59 Å². The standard InChI is InChI=1S/C20H20N4O3S/c1-12-18(13(2)27-24-12)11-28-20-17(5-4-10-21-20)19(26)23-16-8-6-15(7-9-16)22-14(3)25/h4-10H,11H2,1-3H3,(H,22,25)(H,23,26). The fraction of sp³-hybridized carbons (Fsp3) is 0.200. The summed E-state index contributed by atoms with van der Waals surface area (Å²) in [6.45, 7) is 5.20. The Kier molecular flexibility index (Phi) is 6.10. The molecular weight excluding hydrogens is 376 g/mol. The predicted molar refractivity (Wildman–Crippen MR) is 108 cm³/mol. The van der Waals surface area contributed by atoms with Crippen molar-refractivity contribution in [3.05, 3.63) is 65.2 Å². The van der Waals surface area contributed by atoms with Gasteiger partial charge in [-0.2, -0.15) is 0 Å². The molecule has 0 saturated heterocycles. The first-order valence-electron chi connectivity index (χ1n) is 8.62. The van der Waals surface area contributed by atoms with Crippen LogP contribution in [0.1, 0.15) is 34.3 Å². The SMILES string of the molecule is CC(=O)Nc1ccc(NC(=O)c2cccnc2SCc2c(C)noc2C)cc1. The lowest BCUT2D eigenvalue weighted by molar-refractivity contribution is -0.114.